The van der Waals surface area contributed by atoms with Crippen LogP contribution in [0.1, 0.15) is 88.5 Å². The van der Waals surface area contributed by atoms with E-state index in [0.717, 1.165) is 0 Å². The second kappa shape index (κ2) is 16.7. The lowest BCUT2D eigenvalue weighted by Crippen LogP contribution is -2.60. The fraction of sp³-hybridized carbons (Fsp3) is 0.806. The van der Waals surface area contributed by atoms with E-state index in [4.69, 9.17) is 28.4 Å². The topological polar surface area (TPSA) is 176 Å². The Hall–Kier alpha value is -2.75. The molecule has 1 fully saturated rings. The number of hydrogen-bond donors (Lipinski definition) is 2. The third-order valence-electron chi connectivity index (χ3n) is 10.3. The van der Waals surface area contributed by atoms with Crippen molar-refractivity contribution in [2.24, 2.45) is 17.8 Å². The zero-order valence-electron chi connectivity index (χ0n) is 31.7. The molecule has 0 radical (unpaired) electrons. The van der Waals surface area contributed by atoms with E-state index in [9.17, 15) is 29.1 Å². The van der Waals surface area contributed by atoms with Crippen LogP contribution in [-0.2, 0) is 52.4 Å². The van der Waals surface area contributed by atoms with Gasteiger partial charge in [0, 0.05) is 37.8 Å². The highest BCUT2D eigenvalue weighted by Gasteiger charge is 2.52. The van der Waals surface area contributed by atoms with Gasteiger partial charge in [-0.3, -0.25) is 24.0 Å². The molecule has 2 bridgehead atoms. The number of carbonyl (C=O) groups excluding carboxylic acids is 5. The van der Waals surface area contributed by atoms with Gasteiger partial charge in [-0.2, -0.15) is 0 Å². The Balaban J connectivity index is 2.35. The Kier molecular flexibility index (Phi) is 13.9. The predicted octanol–water partition coefficient (Wildman–Crippen LogP) is 2.48. The number of ketones is 2. The van der Waals surface area contributed by atoms with E-state index in [0.29, 0.717) is 17.7 Å². The van der Waals surface area contributed by atoms with Gasteiger partial charge in [0.25, 0.3) is 0 Å². The monoisotopic (exact) mass is 710 g/mol. The highest BCUT2D eigenvalue weighted by Crippen LogP contribution is 2.40. The van der Waals surface area contributed by atoms with Crippen LogP contribution in [0.15, 0.2) is 11.3 Å². The number of ether oxygens (including phenoxy) is 6. The second-order valence-corrected chi connectivity index (χ2v) is 14.9. The minimum absolute atomic E-state index is 0.0328. The maximum absolute atomic E-state index is 14.3. The van der Waals surface area contributed by atoms with Gasteiger partial charge < -0.3 is 43.7 Å². The Morgan fingerprint density at radius 2 is 1.68 bits per heavy atom. The van der Waals surface area contributed by atoms with E-state index in [1.807, 2.05) is 25.9 Å². The Bertz CT molecular complexity index is 1310. The molecule has 2 N–H and O–H groups in total. The lowest BCUT2D eigenvalue weighted by Gasteiger charge is -2.47. The number of hydrogen-bond acceptors (Lipinski definition) is 13. The molecule has 1 amide bonds. The van der Waals surface area contributed by atoms with E-state index in [-0.39, 0.29) is 30.9 Å². The van der Waals surface area contributed by atoms with Crippen molar-refractivity contribution in [1.29, 1.82) is 0 Å². The summed E-state index contributed by atoms with van der Waals surface area (Å²) in [6, 6.07) is -0.310. The Morgan fingerprint density at radius 3 is 2.24 bits per heavy atom. The molecular weight excluding hydrogens is 652 g/mol. The van der Waals surface area contributed by atoms with Crippen molar-refractivity contribution in [2.45, 2.75) is 143 Å². The zero-order valence-corrected chi connectivity index (χ0v) is 31.7. The summed E-state index contributed by atoms with van der Waals surface area (Å²) in [7, 11) is 3.71. The van der Waals surface area contributed by atoms with Crippen LogP contribution >= 0.6 is 0 Å². The smallest absolute Gasteiger partial charge is 0.316 e. The summed E-state index contributed by atoms with van der Waals surface area (Å²) < 4.78 is 37.2. The highest BCUT2D eigenvalue weighted by atomic mass is 16.7. The maximum atomic E-state index is 14.3. The van der Waals surface area contributed by atoms with Gasteiger partial charge in [-0.15, -0.1) is 0 Å². The van der Waals surface area contributed by atoms with Crippen LogP contribution in [0.2, 0.25) is 0 Å². The summed E-state index contributed by atoms with van der Waals surface area (Å²) in [5, 5.41) is 14.9. The lowest BCUT2D eigenvalue weighted by atomic mass is 9.77. The van der Waals surface area contributed by atoms with Gasteiger partial charge in [0.05, 0.1) is 30.0 Å². The first-order valence-corrected chi connectivity index (χ1v) is 17.5. The molecule has 3 rings (SSSR count). The number of fused-ring (bicyclic) bond motifs is 4. The standard InChI is InChI=1S/C36H58N2O12/c1-13-27-36(10,44)32-20(4)28(37-23(7)39)18(2)15-35(9,46-17-25(41)16-45-32)31(21(5)29(42)22(6)33(43)49-27)50-34-30(48-24(8)40)26(38(11)12)14-19(3)47-34/h19-22,26-27,30-32,34,44H,13-17H2,1-12H3,(H,37,39)/t19-,20+,21+,22-,26+,27-,30-,31-,32-,34+,35-,36-/m1/s1. The van der Waals surface area contributed by atoms with Crippen molar-refractivity contribution in [3.8, 4) is 0 Å². The number of nitrogens with zero attached hydrogens (tertiary/aromatic N) is 1. The van der Waals surface area contributed by atoms with Crippen LogP contribution in [0, 0.1) is 17.8 Å². The molecule has 3 aliphatic rings. The molecule has 12 atom stereocenters. The number of carbonyl (C=O) groups is 5. The first-order valence-electron chi connectivity index (χ1n) is 17.5. The van der Waals surface area contributed by atoms with Crippen LogP contribution in [0.5, 0.6) is 0 Å². The predicted molar refractivity (Wildman–Crippen MR) is 180 cm³/mol. The molecule has 0 aliphatic carbocycles. The van der Waals surface area contributed by atoms with Gasteiger partial charge in [-0.25, -0.2) is 0 Å². The highest BCUT2D eigenvalue weighted by molar-refractivity contribution is 6.00. The molecule has 0 aromatic heterocycles. The SMILES string of the molecule is CC[C@H]1OC(=O)[C@H](C)C(=O)[C@H](C)[C@@H](O[C@@H]2O[C@H](C)C[C@H](N(C)C)[C@H]2OC(C)=O)[C@@]2(C)CC(C)=C(NC(C)=O)[C@H](C)[C@@H](OCC(=O)CO2)[C@]1(C)O. The van der Waals surface area contributed by atoms with Crippen LogP contribution in [-0.4, -0.2) is 121 Å². The zero-order chi connectivity index (χ0) is 37.9. The van der Waals surface area contributed by atoms with E-state index < -0.39 is 96.4 Å². The summed E-state index contributed by atoms with van der Waals surface area (Å²) >= 11 is 0. The molecule has 0 spiro atoms. The molecule has 0 aromatic carbocycles. The summed E-state index contributed by atoms with van der Waals surface area (Å²) in [5.74, 6) is -5.86. The van der Waals surface area contributed by atoms with Gasteiger partial charge in [-0.05, 0) is 61.6 Å². The summed E-state index contributed by atoms with van der Waals surface area (Å²) in [5.41, 5.74) is -2.32. The summed E-state index contributed by atoms with van der Waals surface area (Å²) in [6.07, 6.45) is -5.17. The average molecular weight is 711 g/mol. The minimum atomic E-state index is -1.86. The molecule has 0 saturated carbocycles. The molecule has 14 heteroatoms. The van der Waals surface area contributed by atoms with Gasteiger partial charge in [0.15, 0.2) is 24.0 Å². The third-order valence-corrected chi connectivity index (χ3v) is 10.3. The van der Waals surface area contributed by atoms with Crippen LogP contribution in [0.3, 0.4) is 0 Å². The van der Waals surface area contributed by atoms with E-state index in [1.165, 1.54) is 27.7 Å². The Labute approximate surface area is 295 Å². The number of likely N-dealkylation sites (N-methyl/N-ethyl adjacent to an activating group) is 1. The van der Waals surface area contributed by atoms with Crippen molar-refractivity contribution < 1.29 is 57.5 Å². The van der Waals surface area contributed by atoms with Crippen molar-refractivity contribution in [3.63, 3.8) is 0 Å². The van der Waals surface area contributed by atoms with Crippen molar-refractivity contribution in [2.75, 3.05) is 27.3 Å². The number of nitrogens with one attached hydrogen (secondary N) is 1. The normalized spacial score (nSPS) is 39.6. The average Bonchev–Trinajstić information content (AvgIpc) is 3.03. The molecule has 0 aromatic rings. The third kappa shape index (κ3) is 9.37. The number of aliphatic hydroxyl groups is 1. The van der Waals surface area contributed by atoms with E-state index in [1.54, 1.807) is 34.6 Å². The molecule has 14 nitrogen and oxygen atoms in total. The molecule has 1 saturated heterocycles. The van der Waals surface area contributed by atoms with Gasteiger partial charge in [-0.1, -0.05) is 26.3 Å². The number of Topliss-reactive ketones (excluding diaryl/α,β-unsaturated/α-hetero) is 2. The summed E-state index contributed by atoms with van der Waals surface area (Å²) in [4.78, 5) is 68.2. The number of cyclic esters (lactones) is 1. The number of esters is 2. The van der Waals surface area contributed by atoms with E-state index in [2.05, 4.69) is 5.32 Å². The molecule has 3 aliphatic heterocycles. The first-order chi connectivity index (χ1) is 23.1. The molecular formula is C36H58N2O12. The quantitative estimate of drug-likeness (QED) is 0.304. The number of amides is 1. The largest absolute Gasteiger partial charge is 0.459 e. The van der Waals surface area contributed by atoms with Gasteiger partial charge >= 0.3 is 11.9 Å². The fourth-order valence-electron chi connectivity index (χ4n) is 7.69. The minimum Gasteiger partial charge on any atom is -0.459 e. The fourth-order valence-corrected chi connectivity index (χ4v) is 7.69. The second-order valence-electron chi connectivity index (χ2n) is 14.9. The number of rotatable bonds is 6. The Morgan fingerprint density at radius 1 is 1.04 bits per heavy atom. The first kappa shape index (κ1) is 41.7. The maximum Gasteiger partial charge on any atom is 0.316 e. The van der Waals surface area contributed by atoms with E-state index >= 15 is 0 Å². The van der Waals surface area contributed by atoms with Crippen LogP contribution < -0.4 is 5.32 Å². The van der Waals surface area contributed by atoms with Crippen molar-refractivity contribution >= 4 is 29.4 Å². The van der Waals surface area contributed by atoms with Gasteiger partial charge in [0.2, 0.25) is 5.91 Å². The lowest BCUT2D eigenvalue weighted by molar-refractivity contribution is -0.298. The van der Waals surface area contributed by atoms with Crippen LogP contribution in [0.4, 0.5) is 0 Å². The van der Waals surface area contributed by atoms with Crippen LogP contribution in [0.25, 0.3) is 0 Å². The summed E-state index contributed by atoms with van der Waals surface area (Å²) in [6.45, 7) is 15.0. The molecule has 3 heterocycles. The molecule has 284 valence electrons. The van der Waals surface area contributed by atoms with Gasteiger partial charge in [0.1, 0.15) is 30.8 Å². The molecule has 50 heavy (non-hydrogen) atoms. The molecule has 0 unspecified atom stereocenters. The van der Waals surface area contributed by atoms with Crippen molar-refractivity contribution in [1.82, 2.24) is 10.2 Å². The van der Waals surface area contributed by atoms with Crippen molar-refractivity contribution in [3.05, 3.63) is 11.3 Å².